The van der Waals surface area contributed by atoms with Crippen molar-refractivity contribution in [3.63, 3.8) is 0 Å². The summed E-state index contributed by atoms with van der Waals surface area (Å²) in [5, 5.41) is 6.17. The molecule has 2 N–H and O–H groups in total. The summed E-state index contributed by atoms with van der Waals surface area (Å²) in [4.78, 5) is 12.0. The van der Waals surface area contributed by atoms with Gasteiger partial charge in [0.15, 0.2) is 0 Å². The Balaban J connectivity index is 1.89. The van der Waals surface area contributed by atoms with Crippen molar-refractivity contribution in [2.45, 2.75) is 19.4 Å². The largest absolute Gasteiger partial charge is 0.376 e. The normalized spacial score (nSPS) is 11.7. The second kappa shape index (κ2) is 7.84. The first kappa shape index (κ1) is 15.6. The van der Waals surface area contributed by atoms with Crippen molar-refractivity contribution in [1.82, 2.24) is 5.32 Å². The SMILES string of the molecule is CCC(NC(=O)CNc1ccccc1)c1ccc(Br)cc1. The molecule has 0 fully saturated rings. The van der Waals surface area contributed by atoms with Crippen molar-refractivity contribution >= 4 is 27.5 Å². The molecule has 2 aromatic rings. The second-order valence-electron chi connectivity index (χ2n) is 4.80. The fourth-order valence-electron chi connectivity index (χ4n) is 2.10. The lowest BCUT2D eigenvalue weighted by Gasteiger charge is -2.18. The summed E-state index contributed by atoms with van der Waals surface area (Å²) in [5.41, 5.74) is 2.07. The summed E-state index contributed by atoms with van der Waals surface area (Å²) in [6.45, 7) is 2.34. The first-order chi connectivity index (χ1) is 10.2. The molecule has 0 saturated carbocycles. The molecule has 0 aliphatic heterocycles. The maximum atomic E-state index is 12.0. The highest BCUT2D eigenvalue weighted by Crippen LogP contribution is 2.19. The monoisotopic (exact) mass is 346 g/mol. The van der Waals surface area contributed by atoms with E-state index in [1.165, 1.54) is 0 Å². The Bertz CT molecular complexity index is 569. The fraction of sp³-hybridized carbons (Fsp3) is 0.235. The van der Waals surface area contributed by atoms with E-state index in [0.29, 0.717) is 0 Å². The molecular formula is C17H19BrN2O. The number of nitrogens with one attached hydrogen (secondary N) is 2. The van der Waals surface area contributed by atoms with E-state index in [1.807, 2.05) is 54.6 Å². The summed E-state index contributed by atoms with van der Waals surface area (Å²) in [6.07, 6.45) is 0.860. The number of halogens is 1. The van der Waals surface area contributed by atoms with Crippen LogP contribution in [-0.4, -0.2) is 12.5 Å². The minimum atomic E-state index is -0.00591. The molecule has 0 aromatic heterocycles. The minimum absolute atomic E-state index is 0.00591. The Morgan fingerprint density at radius 2 is 1.76 bits per heavy atom. The molecule has 2 aromatic carbocycles. The highest BCUT2D eigenvalue weighted by atomic mass is 79.9. The molecule has 1 atom stereocenters. The lowest BCUT2D eigenvalue weighted by Crippen LogP contribution is -2.33. The molecule has 110 valence electrons. The van der Waals surface area contributed by atoms with E-state index in [1.54, 1.807) is 0 Å². The van der Waals surface area contributed by atoms with Crippen molar-refractivity contribution < 1.29 is 4.79 Å². The Hall–Kier alpha value is -1.81. The maximum Gasteiger partial charge on any atom is 0.239 e. The highest BCUT2D eigenvalue weighted by molar-refractivity contribution is 9.10. The minimum Gasteiger partial charge on any atom is -0.376 e. The van der Waals surface area contributed by atoms with Crippen molar-refractivity contribution in [2.24, 2.45) is 0 Å². The van der Waals surface area contributed by atoms with Crippen LogP contribution >= 0.6 is 15.9 Å². The van der Waals surface area contributed by atoms with Gasteiger partial charge in [-0.2, -0.15) is 0 Å². The van der Waals surface area contributed by atoms with Gasteiger partial charge in [0, 0.05) is 10.2 Å². The van der Waals surface area contributed by atoms with Gasteiger partial charge in [0.05, 0.1) is 12.6 Å². The lowest BCUT2D eigenvalue weighted by atomic mass is 10.0. The van der Waals surface area contributed by atoms with Crippen LogP contribution in [0.2, 0.25) is 0 Å². The molecule has 0 bridgehead atoms. The van der Waals surface area contributed by atoms with Crippen LogP contribution in [0.15, 0.2) is 59.1 Å². The smallest absolute Gasteiger partial charge is 0.239 e. The standard InChI is InChI=1S/C17H19BrN2O/c1-2-16(13-8-10-14(18)11-9-13)20-17(21)12-19-15-6-4-3-5-7-15/h3-11,16,19H,2,12H2,1H3,(H,20,21). The second-order valence-corrected chi connectivity index (χ2v) is 5.72. The van der Waals surface area contributed by atoms with E-state index in [9.17, 15) is 4.79 Å². The molecule has 0 aliphatic rings. The summed E-state index contributed by atoms with van der Waals surface area (Å²) in [5.74, 6) is -0.00591. The van der Waals surface area contributed by atoms with Crippen LogP contribution in [0.5, 0.6) is 0 Å². The number of hydrogen-bond donors (Lipinski definition) is 2. The predicted molar refractivity (Wildman–Crippen MR) is 90.2 cm³/mol. The fourth-order valence-corrected chi connectivity index (χ4v) is 2.36. The number of amides is 1. The summed E-state index contributed by atoms with van der Waals surface area (Å²) >= 11 is 3.42. The Morgan fingerprint density at radius 3 is 2.38 bits per heavy atom. The highest BCUT2D eigenvalue weighted by Gasteiger charge is 2.12. The van der Waals surface area contributed by atoms with Gasteiger partial charge in [-0.25, -0.2) is 0 Å². The van der Waals surface area contributed by atoms with Crippen molar-refractivity contribution in [1.29, 1.82) is 0 Å². The summed E-state index contributed by atoms with van der Waals surface area (Å²) in [7, 11) is 0. The number of carbonyl (C=O) groups is 1. The zero-order chi connectivity index (χ0) is 15.1. The number of hydrogen-bond acceptors (Lipinski definition) is 2. The number of para-hydroxylation sites is 1. The van der Waals surface area contributed by atoms with Crippen LogP contribution in [0, 0.1) is 0 Å². The van der Waals surface area contributed by atoms with Crippen LogP contribution in [-0.2, 0) is 4.79 Å². The van der Waals surface area contributed by atoms with E-state index in [2.05, 4.69) is 33.5 Å². The third-order valence-electron chi connectivity index (χ3n) is 3.24. The molecule has 21 heavy (non-hydrogen) atoms. The molecule has 2 rings (SSSR count). The van der Waals surface area contributed by atoms with Crippen LogP contribution in [0.3, 0.4) is 0 Å². The maximum absolute atomic E-state index is 12.0. The molecule has 0 aliphatic carbocycles. The number of anilines is 1. The quantitative estimate of drug-likeness (QED) is 0.825. The van der Waals surface area contributed by atoms with E-state index in [-0.39, 0.29) is 18.5 Å². The summed E-state index contributed by atoms with van der Waals surface area (Å²) < 4.78 is 1.04. The average Bonchev–Trinajstić information content (AvgIpc) is 2.52. The zero-order valence-corrected chi connectivity index (χ0v) is 13.6. The van der Waals surface area contributed by atoms with Crippen molar-refractivity contribution in [2.75, 3.05) is 11.9 Å². The molecular weight excluding hydrogens is 328 g/mol. The molecule has 3 nitrogen and oxygen atoms in total. The zero-order valence-electron chi connectivity index (χ0n) is 12.0. The molecule has 0 saturated heterocycles. The van der Waals surface area contributed by atoms with Gasteiger partial charge in [-0.1, -0.05) is 53.2 Å². The summed E-state index contributed by atoms with van der Waals surface area (Å²) in [6, 6.07) is 17.8. The van der Waals surface area contributed by atoms with Gasteiger partial charge in [-0.15, -0.1) is 0 Å². The van der Waals surface area contributed by atoms with E-state index in [4.69, 9.17) is 0 Å². The van der Waals surface area contributed by atoms with Crippen LogP contribution < -0.4 is 10.6 Å². The van der Waals surface area contributed by atoms with Gasteiger partial charge in [0.2, 0.25) is 5.91 Å². The number of carbonyl (C=O) groups excluding carboxylic acids is 1. The molecule has 0 radical (unpaired) electrons. The van der Waals surface area contributed by atoms with Gasteiger partial charge < -0.3 is 10.6 Å². The number of rotatable bonds is 6. The van der Waals surface area contributed by atoms with E-state index >= 15 is 0 Å². The van der Waals surface area contributed by atoms with Gasteiger partial charge in [-0.05, 0) is 36.2 Å². The van der Waals surface area contributed by atoms with Crippen LogP contribution in [0.1, 0.15) is 24.9 Å². The van der Waals surface area contributed by atoms with Gasteiger partial charge in [-0.3, -0.25) is 4.79 Å². The molecule has 0 spiro atoms. The number of benzene rings is 2. The molecule has 1 amide bonds. The predicted octanol–water partition coefficient (Wildman–Crippen LogP) is 4.13. The molecule has 0 heterocycles. The van der Waals surface area contributed by atoms with Gasteiger partial charge in [0.25, 0.3) is 0 Å². The van der Waals surface area contributed by atoms with Crippen molar-refractivity contribution in [3.8, 4) is 0 Å². The first-order valence-corrected chi connectivity index (χ1v) is 7.82. The van der Waals surface area contributed by atoms with Crippen LogP contribution in [0.4, 0.5) is 5.69 Å². The average molecular weight is 347 g/mol. The van der Waals surface area contributed by atoms with Crippen LogP contribution in [0.25, 0.3) is 0 Å². The third-order valence-corrected chi connectivity index (χ3v) is 3.77. The lowest BCUT2D eigenvalue weighted by molar-refractivity contribution is -0.120. The Labute approximate surface area is 133 Å². The molecule has 4 heteroatoms. The Kier molecular flexibility index (Phi) is 5.81. The van der Waals surface area contributed by atoms with Crippen molar-refractivity contribution in [3.05, 3.63) is 64.6 Å². The topological polar surface area (TPSA) is 41.1 Å². The van der Waals surface area contributed by atoms with E-state index < -0.39 is 0 Å². The first-order valence-electron chi connectivity index (χ1n) is 7.02. The molecule has 1 unspecified atom stereocenters. The Morgan fingerprint density at radius 1 is 1.10 bits per heavy atom. The third kappa shape index (κ3) is 4.90. The van der Waals surface area contributed by atoms with Gasteiger partial charge in [0.1, 0.15) is 0 Å². The van der Waals surface area contributed by atoms with E-state index in [0.717, 1.165) is 22.1 Å². The van der Waals surface area contributed by atoms with Gasteiger partial charge >= 0.3 is 0 Å².